The maximum Gasteiger partial charge on any atom is 0.264 e. The number of fused-ring (bicyclic) bond motifs is 1. The summed E-state index contributed by atoms with van der Waals surface area (Å²) in [7, 11) is -1.72. The van der Waals surface area contributed by atoms with Gasteiger partial charge in [0, 0.05) is 47.0 Å². The molecular weight excluding hydrogens is 438 g/mol. The van der Waals surface area contributed by atoms with E-state index in [9.17, 15) is 13.2 Å². The number of amides is 1. The van der Waals surface area contributed by atoms with Crippen molar-refractivity contribution in [2.75, 3.05) is 6.61 Å². The Morgan fingerprint density at radius 1 is 1.26 bits per heavy atom. The molecule has 2 heterocycles. The molecule has 0 aliphatic heterocycles. The van der Waals surface area contributed by atoms with Gasteiger partial charge >= 0.3 is 0 Å². The molecule has 31 heavy (non-hydrogen) atoms. The monoisotopic (exact) mass is 459 g/mol. The van der Waals surface area contributed by atoms with Crippen molar-refractivity contribution in [2.24, 2.45) is 13.0 Å². The lowest BCUT2D eigenvalue weighted by Crippen LogP contribution is -2.33. The molecule has 2 aliphatic carbocycles. The van der Waals surface area contributed by atoms with Gasteiger partial charge in [-0.1, -0.05) is 17.7 Å². The predicted molar refractivity (Wildman–Crippen MR) is 119 cm³/mol. The van der Waals surface area contributed by atoms with Crippen LogP contribution in [-0.4, -0.2) is 35.7 Å². The molecule has 2 aromatic heterocycles. The minimum atomic E-state index is -3.59. The number of halogens is 1. The molecule has 3 aromatic rings. The highest BCUT2D eigenvalue weighted by molar-refractivity contribution is 7.91. The zero-order valence-corrected chi connectivity index (χ0v) is 18.5. The summed E-state index contributed by atoms with van der Waals surface area (Å²) in [6.07, 6.45) is 7.25. The summed E-state index contributed by atoms with van der Waals surface area (Å²) in [6.45, 7) is 0.641. The van der Waals surface area contributed by atoms with E-state index in [4.69, 9.17) is 16.3 Å². The lowest BCUT2D eigenvalue weighted by Gasteiger charge is -2.08. The number of benzene rings is 1. The topological polar surface area (TPSA) is 90.3 Å². The van der Waals surface area contributed by atoms with Crippen molar-refractivity contribution in [3.63, 3.8) is 0 Å². The molecular formula is C22H22ClN3O4S. The van der Waals surface area contributed by atoms with Crippen LogP contribution in [0.2, 0.25) is 5.02 Å². The van der Waals surface area contributed by atoms with E-state index in [2.05, 4.69) is 9.71 Å². The number of sulfonamides is 1. The van der Waals surface area contributed by atoms with E-state index in [1.54, 1.807) is 18.3 Å². The molecule has 0 unspecified atom stereocenters. The van der Waals surface area contributed by atoms with Crippen LogP contribution in [0.4, 0.5) is 0 Å². The summed E-state index contributed by atoms with van der Waals surface area (Å²) in [4.78, 5) is 16.9. The summed E-state index contributed by atoms with van der Waals surface area (Å²) >= 11 is 6.40. The quantitative estimate of drug-likeness (QED) is 0.578. The van der Waals surface area contributed by atoms with Crippen LogP contribution in [0.15, 0.2) is 36.7 Å². The Labute approximate surface area is 185 Å². The van der Waals surface area contributed by atoms with E-state index in [0.29, 0.717) is 41.8 Å². The van der Waals surface area contributed by atoms with Crippen molar-refractivity contribution in [1.82, 2.24) is 14.3 Å². The predicted octanol–water partition coefficient (Wildman–Crippen LogP) is 3.90. The average molecular weight is 460 g/mol. The van der Waals surface area contributed by atoms with Crippen molar-refractivity contribution < 1.29 is 17.9 Å². The number of nitrogens with one attached hydrogen (secondary N) is 1. The summed E-state index contributed by atoms with van der Waals surface area (Å²) in [5, 5.41) is 0.917. The van der Waals surface area contributed by atoms with Gasteiger partial charge in [0.2, 0.25) is 15.9 Å². The lowest BCUT2D eigenvalue weighted by atomic mass is 10.0. The highest BCUT2D eigenvalue weighted by Gasteiger charge is 2.37. The van der Waals surface area contributed by atoms with Crippen molar-refractivity contribution in [3.8, 4) is 17.0 Å². The summed E-state index contributed by atoms with van der Waals surface area (Å²) in [6, 6.07) is 6.97. The van der Waals surface area contributed by atoms with Crippen LogP contribution in [0, 0.1) is 5.92 Å². The molecule has 0 spiro atoms. The van der Waals surface area contributed by atoms with Gasteiger partial charge in [-0.2, -0.15) is 0 Å². The van der Waals surface area contributed by atoms with E-state index >= 15 is 0 Å². The molecule has 0 atom stereocenters. The summed E-state index contributed by atoms with van der Waals surface area (Å²) in [5.41, 5.74) is 2.85. The third-order valence-corrected chi connectivity index (χ3v) is 7.81. The fraction of sp³-hybridized carbons (Fsp3) is 0.364. The van der Waals surface area contributed by atoms with E-state index in [1.807, 2.05) is 29.9 Å². The third-order valence-electron chi connectivity index (χ3n) is 5.72. The summed E-state index contributed by atoms with van der Waals surface area (Å²) < 4.78 is 33.9. The van der Waals surface area contributed by atoms with Crippen LogP contribution in [0.3, 0.4) is 0 Å². The van der Waals surface area contributed by atoms with Gasteiger partial charge in [0.1, 0.15) is 5.02 Å². The molecule has 5 rings (SSSR count). The Kier molecular flexibility index (Phi) is 4.94. The van der Waals surface area contributed by atoms with Gasteiger partial charge in [0.05, 0.1) is 11.9 Å². The largest absolute Gasteiger partial charge is 0.476 e. The van der Waals surface area contributed by atoms with Gasteiger partial charge in [-0.3, -0.25) is 4.79 Å². The van der Waals surface area contributed by atoms with Crippen molar-refractivity contribution >= 4 is 38.4 Å². The Morgan fingerprint density at radius 3 is 2.71 bits per heavy atom. The number of aromatic nitrogens is 2. The maximum absolute atomic E-state index is 12.5. The number of hydrogen-bond acceptors (Lipinski definition) is 5. The van der Waals surface area contributed by atoms with E-state index < -0.39 is 21.2 Å². The van der Waals surface area contributed by atoms with Crippen LogP contribution in [0.25, 0.3) is 22.0 Å². The number of carbonyl (C=O) groups is 1. The first-order chi connectivity index (χ1) is 14.8. The fourth-order valence-electron chi connectivity index (χ4n) is 3.57. The first-order valence-electron chi connectivity index (χ1n) is 10.3. The normalized spacial score (nSPS) is 16.5. The number of pyridine rings is 1. The fourth-order valence-corrected chi connectivity index (χ4v) is 5.09. The smallest absolute Gasteiger partial charge is 0.264 e. The van der Waals surface area contributed by atoms with Gasteiger partial charge < -0.3 is 9.30 Å². The molecule has 1 amide bonds. The molecule has 0 saturated heterocycles. The Bertz CT molecular complexity index is 1290. The SMILES string of the molecule is Cn1cc(-c2cnc(OCC3CC3)c(Cl)c2)c2ccc(C(=O)NS(=O)(=O)C3CC3)cc21. The Morgan fingerprint density at radius 2 is 2.03 bits per heavy atom. The van der Waals surface area contributed by atoms with E-state index in [0.717, 1.165) is 22.0 Å². The number of carbonyl (C=O) groups excluding carboxylic acids is 1. The molecule has 1 aromatic carbocycles. The number of aryl methyl sites for hydroxylation is 1. The first kappa shape index (κ1) is 20.3. The highest BCUT2D eigenvalue weighted by Crippen LogP contribution is 2.35. The minimum absolute atomic E-state index is 0.296. The second kappa shape index (κ2) is 7.53. The number of rotatable bonds is 7. The van der Waals surface area contributed by atoms with Crippen LogP contribution >= 0.6 is 11.6 Å². The van der Waals surface area contributed by atoms with Crippen LogP contribution < -0.4 is 9.46 Å². The number of hydrogen-bond donors (Lipinski definition) is 1. The molecule has 0 bridgehead atoms. The molecule has 9 heteroatoms. The second-order valence-electron chi connectivity index (χ2n) is 8.33. The summed E-state index contributed by atoms with van der Waals surface area (Å²) in [5.74, 6) is 0.438. The third kappa shape index (κ3) is 4.14. The first-order valence-corrected chi connectivity index (χ1v) is 12.2. The van der Waals surface area contributed by atoms with Gasteiger partial charge in [0.15, 0.2) is 0 Å². The van der Waals surface area contributed by atoms with Crippen molar-refractivity contribution in [1.29, 1.82) is 0 Å². The van der Waals surface area contributed by atoms with Crippen LogP contribution in [-0.2, 0) is 17.1 Å². The number of nitrogens with zero attached hydrogens (tertiary/aromatic N) is 2. The lowest BCUT2D eigenvalue weighted by molar-refractivity contribution is 0.0981. The standard InChI is InChI=1S/C22H22ClN3O4S/c1-26-11-18(15-8-19(23)22(24-10-15)30-12-13-2-3-13)17-7-4-14(9-20(17)26)21(27)25-31(28,29)16-5-6-16/h4,7-11,13,16H,2-3,5-6,12H2,1H3,(H,25,27). The molecule has 1 N–H and O–H groups in total. The van der Waals surface area contributed by atoms with E-state index in [-0.39, 0.29) is 0 Å². The molecule has 0 radical (unpaired) electrons. The zero-order chi connectivity index (χ0) is 21.8. The van der Waals surface area contributed by atoms with Gasteiger partial charge in [0.25, 0.3) is 5.91 Å². The minimum Gasteiger partial charge on any atom is -0.476 e. The molecule has 2 aliphatic rings. The molecule has 7 nitrogen and oxygen atoms in total. The number of ether oxygens (including phenoxy) is 1. The van der Waals surface area contributed by atoms with E-state index in [1.165, 1.54) is 12.8 Å². The zero-order valence-electron chi connectivity index (χ0n) is 17.0. The van der Waals surface area contributed by atoms with Crippen molar-refractivity contribution in [2.45, 2.75) is 30.9 Å². The molecule has 162 valence electrons. The molecule has 2 saturated carbocycles. The molecule has 2 fully saturated rings. The Hall–Kier alpha value is -2.58. The van der Waals surface area contributed by atoms with Crippen LogP contribution in [0.5, 0.6) is 5.88 Å². The maximum atomic E-state index is 12.5. The average Bonchev–Trinajstić information content (AvgIpc) is 3.64. The van der Waals surface area contributed by atoms with Gasteiger partial charge in [-0.05, 0) is 49.8 Å². The van der Waals surface area contributed by atoms with Gasteiger partial charge in [-0.25, -0.2) is 18.1 Å². The highest BCUT2D eigenvalue weighted by atomic mass is 35.5. The van der Waals surface area contributed by atoms with Crippen molar-refractivity contribution in [3.05, 3.63) is 47.2 Å². The Balaban J connectivity index is 1.42. The van der Waals surface area contributed by atoms with Crippen LogP contribution in [0.1, 0.15) is 36.0 Å². The second-order valence-corrected chi connectivity index (χ2v) is 10.7. The van der Waals surface area contributed by atoms with Gasteiger partial charge in [-0.15, -0.1) is 0 Å².